The number of nitrogens with one attached hydrogen (secondary N) is 1. The summed E-state index contributed by atoms with van der Waals surface area (Å²) in [6.07, 6.45) is 1.10. The molecule has 2 aliphatic heterocycles. The van der Waals surface area contributed by atoms with Gasteiger partial charge in [-0.15, -0.1) is 0 Å². The van der Waals surface area contributed by atoms with Crippen LogP contribution in [0.25, 0.3) is 0 Å². The van der Waals surface area contributed by atoms with Gasteiger partial charge in [0, 0.05) is 44.8 Å². The lowest BCUT2D eigenvalue weighted by atomic mass is 10.1. The Morgan fingerprint density at radius 1 is 1.00 bits per heavy atom. The van der Waals surface area contributed by atoms with Crippen molar-refractivity contribution in [3.8, 4) is 0 Å². The molecule has 0 spiro atoms. The number of nitrogens with zero attached hydrogens (tertiary/aromatic N) is 2. The van der Waals surface area contributed by atoms with Gasteiger partial charge in [-0.25, -0.2) is 0 Å². The van der Waals surface area contributed by atoms with E-state index in [1.807, 2.05) is 35.2 Å². The van der Waals surface area contributed by atoms with E-state index < -0.39 is 0 Å². The summed E-state index contributed by atoms with van der Waals surface area (Å²) in [5.74, 6) is -0.306. The van der Waals surface area contributed by atoms with E-state index >= 15 is 0 Å². The molecule has 0 radical (unpaired) electrons. The third-order valence-electron chi connectivity index (χ3n) is 5.83. The minimum atomic E-state index is -0.290. The van der Waals surface area contributed by atoms with E-state index in [-0.39, 0.29) is 24.2 Å². The Morgan fingerprint density at radius 2 is 1.73 bits per heavy atom. The van der Waals surface area contributed by atoms with Crippen molar-refractivity contribution in [1.82, 2.24) is 9.80 Å². The average Bonchev–Trinajstić information content (AvgIpc) is 3.16. The normalized spacial score (nSPS) is 19.8. The molecular weight excluding hydrogens is 378 g/mol. The summed E-state index contributed by atoms with van der Waals surface area (Å²) < 4.78 is 5.39. The van der Waals surface area contributed by atoms with E-state index in [2.05, 4.69) is 34.5 Å². The molecule has 1 N–H and O–H groups in total. The Bertz CT molecular complexity index is 848. The number of amides is 2. The van der Waals surface area contributed by atoms with E-state index in [0.29, 0.717) is 13.1 Å². The molecule has 1 atom stereocenters. The topological polar surface area (TPSA) is 61.9 Å². The molecular formula is C24H29N3O3. The fourth-order valence-electron chi connectivity index (χ4n) is 4.03. The number of hydrogen-bond donors (Lipinski definition) is 1. The first-order chi connectivity index (χ1) is 14.7. The number of likely N-dealkylation sites (tertiary alicyclic amines) is 1. The molecule has 2 aliphatic rings. The summed E-state index contributed by atoms with van der Waals surface area (Å²) in [6.45, 7) is 5.53. The van der Waals surface area contributed by atoms with Gasteiger partial charge in [0.25, 0.3) is 0 Å². The molecule has 2 fully saturated rings. The summed E-state index contributed by atoms with van der Waals surface area (Å²) in [7, 11) is 0. The van der Waals surface area contributed by atoms with Crippen LogP contribution >= 0.6 is 0 Å². The smallest absolute Gasteiger partial charge is 0.229 e. The maximum Gasteiger partial charge on any atom is 0.229 e. The monoisotopic (exact) mass is 407 g/mol. The summed E-state index contributed by atoms with van der Waals surface area (Å²) in [6, 6.07) is 18.1. The van der Waals surface area contributed by atoms with Crippen LogP contribution in [0.3, 0.4) is 0 Å². The predicted octanol–water partition coefficient (Wildman–Crippen LogP) is 2.55. The van der Waals surface area contributed by atoms with Crippen LogP contribution in [0.1, 0.15) is 17.5 Å². The maximum atomic E-state index is 12.7. The third-order valence-corrected chi connectivity index (χ3v) is 5.83. The van der Waals surface area contributed by atoms with Gasteiger partial charge in [0.2, 0.25) is 11.8 Å². The quantitative estimate of drug-likeness (QED) is 0.766. The molecule has 0 aliphatic carbocycles. The lowest BCUT2D eigenvalue weighted by Crippen LogP contribution is -2.35. The van der Waals surface area contributed by atoms with Crippen molar-refractivity contribution in [1.29, 1.82) is 0 Å². The second kappa shape index (κ2) is 9.87. The van der Waals surface area contributed by atoms with Crippen LogP contribution in [0.5, 0.6) is 0 Å². The highest BCUT2D eigenvalue weighted by Gasteiger charge is 2.34. The Balaban J connectivity index is 1.25. The van der Waals surface area contributed by atoms with Crippen molar-refractivity contribution < 1.29 is 14.3 Å². The molecule has 2 amide bonds. The lowest BCUT2D eigenvalue weighted by Gasteiger charge is -2.26. The summed E-state index contributed by atoms with van der Waals surface area (Å²) in [4.78, 5) is 29.2. The molecule has 30 heavy (non-hydrogen) atoms. The highest BCUT2D eigenvalue weighted by atomic mass is 16.5. The fourth-order valence-corrected chi connectivity index (χ4v) is 4.03. The van der Waals surface area contributed by atoms with E-state index in [1.54, 1.807) is 0 Å². The predicted molar refractivity (Wildman–Crippen MR) is 116 cm³/mol. The Kier molecular flexibility index (Phi) is 6.77. The first kappa shape index (κ1) is 20.6. The zero-order chi connectivity index (χ0) is 20.8. The number of carbonyl (C=O) groups is 2. The van der Waals surface area contributed by atoms with E-state index in [1.165, 1.54) is 11.1 Å². The first-order valence-corrected chi connectivity index (χ1v) is 10.7. The van der Waals surface area contributed by atoms with Crippen LogP contribution < -0.4 is 5.32 Å². The van der Waals surface area contributed by atoms with Crippen molar-refractivity contribution in [3.63, 3.8) is 0 Å². The van der Waals surface area contributed by atoms with Crippen LogP contribution in [-0.2, 0) is 27.3 Å². The summed E-state index contributed by atoms with van der Waals surface area (Å²) in [5.41, 5.74) is 3.20. The maximum absolute atomic E-state index is 12.7. The van der Waals surface area contributed by atoms with Crippen molar-refractivity contribution in [2.24, 2.45) is 5.92 Å². The molecule has 2 saturated heterocycles. The Labute approximate surface area is 177 Å². The number of benzene rings is 2. The van der Waals surface area contributed by atoms with Gasteiger partial charge in [-0.1, -0.05) is 42.5 Å². The lowest BCUT2D eigenvalue weighted by molar-refractivity contribution is -0.128. The van der Waals surface area contributed by atoms with Crippen LogP contribution in [0.2, 0.25) is 0 Å². The van der Waals surface area contributed by atoms with Crippen molar-refractivity contribution in [3.05, 3.63) is 65.7 Å². The van der Waals surface area contributed by atoms with Crippen molar-refractivity contribution in [2.45, 2.75) is 19.4 Å². The van der Waals surface area contributed by atoms with Crippen molar-refractivity contribution >= 4 is 17.5 Å². The standard InChI is InChI=1S/C24H29N3O3/c28-23-16-21(18-27(23)11-10-19-4-2-1-3-5-19)24(29)25-22-8-6-20(7-9-22)17-26-12-14-30-15-13-26/h1-9,21H,10-18H2,(H,25,29). The Morgan fingerprint density at radius 3 is 2.47 bits per heavy atom. The van der Waals surface area contributed by atoms with Gasteiger partial charge >= 0.3 is 0 Å². The number of morpholine rings is 1. The number of hydrogen-bond acceptors (Lipinski definition) is 4. The Hall–Kier alpha value is -2.70. The molecule has 6 heteroatoms. The highest BCUT2D eigenvalue weighted by molar-refractivity contribution is 5.97. The van der Waals surface area contributed by atoms with E-state index in [0.717, 1.165) is 45.0 Å². The zero-order valence-electron chi connectivity index (χ0n) is 17.3. The molecule has 6 nitrogen and oxygen atoms in total. The zero-order valence-corrected chi connectivity index (χ0v) is 17.3. The second-order valence-corrected chi connectivity index (χ2v) is 8.05. The fraction of sp³-hybridized carbons (Fsp3) is 0.417. The van der Waals surface area contributed by atoms with Gasteiger partial charge in [-0.2, -0.15) is 0 Å². The molecule has 0 saturated carbocycles. The van der Waals surface area contributed by atoms with Crippen molar-refractivity contribution in [2.75, 3.05) is 44.7 Å². The van der Waals surface area contributed by atoms with Gasteiger partial charge in [0.1, 0.15) is 0 Å². The number of anilines is 1. The number of ether oxygens (including phenoxy) is 1. The third kappa shape index (κ3) is 5.46. The van der Waals surface area contributed by atoms with Crippen LogP contribution in [0.15, 0.2) is 54.6 Å². The van der Waals surface area contributed by atoms with Gasteiger partial charge < -0.3 is 15.0 Å². The van der Waals surface area contributed by atoms with Gasteiger partial charge in [0.15, 0.2) is 0 Å². The van der Waals surface area contributed by atoms with E-state index in [9.17, 15) is 9.59 Å². The first-order valence-electron chi connectivity index (χ1n) is 10.7. The molecule has 0 aromatic heterocycles. The van der Waals surface area contributed by atoms with Crippen LogP contribution in [0.4, 0.5) is 5.69 Å². The van der Waals surface area contributed by atoms with Gasteiger partial charge in [-0.3, -0.25) is 14.5 Å². The van der Waals surface area contributed by atoms with Gasteiger partial charge in [-0.05, 0) is 29.7 Å². The van der Waals surface area contributed by atoms with Crippen LogP contribution in [0, 0.1) is 5.92 Å². The summed E-state index contributed by atoms with van der Waals surface area (Å²) >= 11 is 0. The molecule has 2 heterocycles. The minimum absolute atomic E-state index is 0.0620. The van der Waals surface area contributed by atoms with Gasteiger partial charge in [0.05, 0.1) is 19.1 Å². The van der Waals surface area contributed by atoms with E-state index in [4.69, 9.17) is 4.74 Å². The van der Waals surface area contributed by atoms with Crippen LogP contribution in [-0.4, -0.2) is 61.0 Å². The number of rotatable bonds is 7. The SMILES string of the molecule is O=C(Nc1ccc(CN2CCOCC2)cc1)C1CC(=O)N(CCc2ccccc2)C1. The molecule has 4 rings (SSSR count). The molecule has 2 aromatic rings. The molecule has 0 bridgehead atoms. The average molecular weight is 408 g/mol. The largest absolute Gasteiger partial charge is 0.379 e. The number of carbonyl (C=O) groups excluding carboxylic acids is 2. The molecule has 1 unspecified atom stereocenters. The summed E-state index contributed by atoms with van der Waals surface area (Å²) in [5, 5.41) is 2.98. The second-order valence-electron chi connectivity index (χ2n) is 8.05. The highest BCUT2D eigenvalue weighted by Crippen LogP contribution is 2.21. The minimum Gasteiger partial charge on any atom is -0.379 e. The molecule has 2 aromatic carbocycles. The molecule has 158 valence electrons.